The van der Waals surface area contributed by atoms with Gasteiger partial charge in [-0.2, -0.15) is 0 Å². The average molecular weight is 460 g/mol. The van der Waals surface area contributed by atoms with E-state index in [4.69, 9.17) is 4.74 Å². The first kappa shape index (κ1) is 20.6. The highest BCUT2D eigenvalue weighted by atomic mass is 32.2. The van der Waals surface area contributed by atoms with E-state index in [1.165, 1.54) is 0 Å². The number of amides is 2. The van der Waals surface area contributed by atoms with Crippen molar-refractivity contribution in [3.05, 3.63) is 63.3 Å². The second kappa shape index (κ2) is 8.36. The molecule has 164 valence electrons. The topological polar surface area (TPSA) is 143 Å². The van der Waals surface area contributed by atoms with E-state index < -0.39 is 11.5 Å². The van der Waals surface area contributed by atoms with Crippen LogP contribution in [0.4, 0.5) is 4.79 Å². The molecule has 1 aliphatic rings. The Morgan fingerprint density at radius 3 is 2.73 bits per heavy atom. The summed E-state index contributed by atoms with van der Waals surface area (Å²) in [6.45, 7) is 2.29. The molecule has 5 rings (SSSR count). The van der Waals surface area contributed by atoms with Crippen molar-refractivity contribution in [1.29, 1.82) is 0 Å². The minimum Gasteiger partial charge on any atom is -0.493 e. The predicted molar refractivity (Wildman–Crippen MR) is 123 cm³/mol. The van der Waals surface area contributed by atoms with Crippen LogP contribution in [0.15, 0.2) is 52.2 Å². The van der Waals surface area contributed by atoms with E-state index in [0.29, 0.717) is 28.6 Å². The first-order valence-corrected chi connectivity index (χ1v) is 10.8. The molecule has 0 aliphatic carbocycles. The number of nitrogens with one attached hydrogen (secondary N) is 3. The lowest BCUT2D eigenvalue weighted by Gasteiger charge is -2.12. The monoisotopic (exact) mass is 460 g/mol. The molecule has 0 atom stereocenters. The normalized spacial score (nSPS) is 14.8. The van der Waals surface area contributed by atoms with Crippen LogP contribution in [-0.2, 0) is 4.79 Å². The zero-order valence-electron chi connectivity index (χ0n) is 17.2. The Hall–Kier alpha value is -4.25. The highest BCUT2D eigenvalue weighted by Crippen LogP contribution is 2.34. The third kappa shape index (κ3) is 4.01. The predicted octanol–water partition coefficient (Wildman–Crippen LogP) is 3.10. The summed E-state index contributed by atoms with van der Waals surface area (Å²) in [5.41, 5.74) is 3.18. The second-order valence-corrected chi connectivity index (χ2v) is 8.06. The summed E-state index contributed by atoms with van der Waals surface area (Å²) in [6, 6.07) is 13.1. The van der Waals surface area contributed by atoms with Gasteiger partial charge in [0.2, 0.25) is 0 Å². The van der Waals surface area contributed by atoms with Crippen LogP contribution < -0.4 is 15.6 Å². The van der Waals surface area contributed by atoms with E-state index in [-0.39, 0.29) is 16.4 Å². The second-order valence-electron chi connectivity index (χ2n) is 7.05. The number of hydrogen-bond acceptors (Lipinski definition) is 8. The molecule has 0 saturated carbocycles. The molecular weight excluding hydrogens is 444 g/mol. The Labute approximate surface area is 190 Å². The van der Waals surface area contributed by atoms with Gasteiger partial charge in [-0.25, -0.2) is 10.1 Å². The van der Waals surface area contributed by atoms with Crippen molar-refractivity contribution in [3.8, 4) is 28.3 Å². The lowest BCUT2D eigenvalue weighted by Crippen LogP contribution is -2.17. The largest absolute Gasteiger partial charge is 0.493 e. The van der Waals surface area contributed by atoms with Gasteiger partial charge in [0.15, 0.2) is 11.2 Å². The molecule has 1 saturated heterocycles. The molecule has 0 radical (unpaired) electrons. The van der Waals surface area contributed by atoms with Crippen LogP contribution in [0.2, 0.25) is 0 Å². The number of hydrogen-bond donors (Lipinski definition) is 3. The number of H-pyrrole nitrogens is 2. The molecule has 1 fully saturated rings. The van der Waals surface area contributed by atoms with Crippen LogP contribution in [0.25, 0.3) is 39.8 Å². The zero-order chi connectivity index (χ0) is 22.9. The average Bonchev–Trinajstić information content (AvgIpc) is 3.40. The number of rotatable bonds is 5. The van der Waals surface area contributed by atoms with Crippen LogP contribution in [0.5, 0.6) is 5.75 Å². The number of imide groups is 1. The van der Waals surface area contributed by atoms with Crippen molar-refractivity contribution in [3.63, 3.8) is 0 Å². The maximum atomic E-state index is 12.3. The zero-order valence-corrected chi connectivity index (χ0v) is 18.0. The van der Waals surface area contributed by atoms with E-state index >= 15 is 0 Å². The molecule has 0 unspecified atom stereocenters. The van der Waals surface area contributed by atoms with Gasteiger partial charge in [0.1, 0.15) is 11.6 Å². The molecular formula is C22H16N6O4S. The summed E-state index contributed by atoms with van der Waals surface area (Å²) < 4.78 is 5.84. The van der Waals surface area contributed by atoms with Crippen molar-refractivity contribution >= 4 is 40.1 Å². The molecule has 10 nitrogen and oxygen atoms in total. The van der Waals surface area contributed by atoms with Crippen molar-refractivity contribution in [2.45, 2.75) is 6.92 Å². The van der Waals surface area contributed by atoms with Gasteiger partial charge in [0, 0.05) is 0 Å². The third-order valence-corrected chi connectivity index (χ3v) is 5.71. The van der Waals surface area contributed by atoms with E-state index in [2.05, 4.69) is 30.7 Å². The summed E-state index contributed by atoms with van der Waals surface area (Å²) in [5.74, 6) is 0.482. The Morgan fingerprint density at radius 1 is 1.09 bits per heavy atom. The Balaban J connectivity index is 1.54. The van der Waals surface area contributed by atoms with Gasteiger partial charge in [-0.05, 0) is 59.7 Å². The third-order valence-electron chi connectivity index (χ3n) is 4.90. The number of thioether (sulfide) groups is 1. The summed E-state index contributed by atoms with van der Waals surface area (Å²) in [7, 11) is 0. The maximum absolute atomic E-state index is 12.3. The molecule has 4 aromatic rings. The first-order chi connectivity index (χ1) is 16.0. The molecule has 33 heavy (non-hydrogen) atoms. The van der Waals surface area contributed by atoms with E-state index in [9.17, 15) is 14.4 Å². The molecule has 0 bridgehead atoms. The molecule has 2 amide bonds. The SMILES string of the molecule is CCOc1cc(-c2cccc(C=C3SC(=O)NC3=O)c2)ccc1-c1nc2[nH]nnc2c(=O)[nH]1. The first-order valence-electron chi connectivity index (χ1n) is 9.95. The number of carbonyl (C=O) groups is 2. The van der Waals surface area contributed by atoms with Gasteiger partial charge in [-0.15, -0.1) is 5.10 Å². The van der Waals surface area contributed by atoms with Gasteiger partial charge < -0.3 is 9.72 Å². The van der Waals surface area contributed by atoms with E-state index in [0.717, 1.165) is 28.5 Å². The number of aromatic nitrogens is 5. The molecule has 0 spiro atoms. The van der Waals surface area contributed by atoms with Crippen molar-refractivity contribution in [1.82, 2.24) is 30.7 Å². The summed E-state index contributed by atoms with van der Waals surface area (Å²) in [6.07, 6.45) is 1.68. The standard InChI is InChI=1S/C22H16N6O4S/c1-2-32-15-10-13(6-7-14(15)18-23-19-17(21(30)24-18)26-28-27-19)12-5-3-4-11(8-12)9-16-20(29)25-22(31)33-16/h3-10H,2H2,1H3,(H,25,29,31)(H2,23,24,26,27,28,30). The number of ether oxygens (including phenoxy) is 1. The molecule has 11 heteroatoms. The Kier molecular flexibility index (Phi) is 5.23. The van der Waals surface area contributed by atoms with Crippen molar-refractivity contribution in [2.75, 3.05) is 6.61 Å². The number of benzene rings is 2. The van der Waals surface area contributed by atoms with Crippen LogP contribution in [0.3, 0.4) is 0 Å². The smallest absolute Gasteiger partial charge is 0.290 e. The quantitative estimate of drug-likeness (QED) is 0.386. The highest BCUT2D eigenvalue weighted by molar-refractivity contribution is 8.18. The number of aromatic amines is 2. The Bertz CT molecular complexity index is 1510. The molecule has 3 N–H and O–H groups in total. The van der Waals surface area contributed by atoms with Gasteiger partial charge in [-0.1, -0.05) is 29.5 Å². The molecule has 3 heterocycles. The van der Waals surface area contributed by atoms with Gasteiger partial charge in [0.25, 0.3) is 16.7 Å². The lowest BCUT2D eigenvalue weighted by molar-refractivity contribution is -0.115. The van der Waals surface area contributed by atoms with Crippen LogP contribution in [-0.4, -0.2) is 43.1 Å². The number of fused-ring (bicyclic) bond motifs is 1. The van der Waals surface area contributed by atoms with Crippen LogP contribution >= 0.6 is 11.8 Å². The summed E-state index contributed by atoms with van der Waals surface area (Å²) >= 11 is 0.875. The highest BCUT2D eigenvalue weighted by Gasteiger charge is 2.25. The van der Waals surface area contributed by atoms with E-state index in [1.54, 1.807) is 6.08 Å². The van der Waals surface area contributed by atoms with E-state index in [1.807, 2.05) is 49.4 Å². The minimum atomic E-state index is -0.400. The van der Waals surface area contributed by atoms with Crippen LogP contribution in [0.1, 0.15) is 12.5 Å². The van der Waals surface area contributed by atoms with Crippen LogP contribution in [0, 0.1) is 0 Å². The van der Waals surface area contributed by atoms with Crippen molar-refractivity contribution < 1.29 is 14.3 Å². The fourth-order valence-electron chi connectivity index (χ4n) is 3.44. The maximum Gasteiger partial charge on any atom is 0.290 e. The Morgan fingerprint density at radius 2 is 1.94 bits per heavy atom. The molecule has 2 aromatic heterocycles. The molecule has 2 aromatic carbocycles. The number of carbonyl (C=O) groups excluding carboxylic acids is 2. The number of nitrogens with zero attached hydrogens (tertiary/aromatic N) is 3. The fraction of sp³-hybridized carbons (Fsp3) is 0.0909. The molecule has 1 aliphatic heterocycles. The van der Waals surface area contributed by atoms with Gasteiger partial charge >= 0.3 is 0 Å². The fourth-order valence-corrected chi connectivity index (χ4v) is 4.12. The van der Waals surface area contributed by atoms with Crippen molar-refractivity contribution in [2.24, 2.45) is 0 Å². The summed E-state index contributed by atoms with van der Waals surface area (Å²) in [4.78, 5) is 43.0. The lowest BCUT2D eigenvalue weighted by atomic mass is 10.0. The van der Waals surface area contributed by atoms with Gasteiger partial charge in [0.05, 0.1) is 17.1 Å². The summed E-state index contributed by atoms with van der Waals surface area (Å²) in [5, 5.41) is 11.8. The van der Waals surface area contributed by atoms with Gasteiger partial charge in [-0.3, -0.25) is 19.7 Å². The minimum absolute atomic E-state index is 0.134.